The van der Waals surface area contributed by atoms with E-state index >= 15 is 0 Å². The summed E-state index contributed by atoms with van der Waals surface area (Å²) < 4.78 is 60.1. The normalized spacial score (nSPS) is 11.6. The van der Waals surface area contributed by atoms with Crippen LogP contribution in [0.4, 0.5) is 8.78 Å². The van der Waals surface area contributed by atoms with Crippen molar-refractivity contribution >= 4 is 10.1 Å². The molecule has 0 radical (unpaired) electrons. The molecule has 0 saturated carbocycles. The highest BCUT2D eigenvalue weighted by atomic mass is 32.2. The van der Waals surface area contributed by atoms with Gasteiger partial charge >= 0.3 is 6.61 Å². The molecule has 0 heterocycles. The lowest BCUT2D eigenvalue weighted by molar-refractivity contribution is -0.0514. The fourth-order valence-corrected chi connectivity index (χ4v) is 1.63. The van der Waals surface area contributed by atoms with Crippen LogP contribution in [-0.4, -0.2) is 27.9 Å². The zero-order chi connectivity index (χ0) is 14.5. The predicted molar refractivity (Wildman–Crippen MR) is 63.9 cm³/mol. The highest BCUT2D eigenvalue weighted by Crippen LogP contribution is 2.30. The first kappa shape index (κ1) is 15.6. The summed E-state index contributed by atoms with van der Waals surface area (Å²) in [6, 6.07) is 4.09. The van der Waals surface area contributed by atoms with Gasteiger partial charge in [0, 0.05) is 0 Å². The van der Waals surface area contributed by atoms with Crippen LogP contribution in [0.3, 0.4) is 0 Å². The Labute approximate surface area is 110 Å². The zero-order valence-corrected chi connectivity index (χ0v) is 11.2. The summed E-state index contributed by atoms with van der Waals surface area (Å²) in [6.45, 7) is -1.22. The molecule has 0 amide bonds. The molecule has 0 aliphatic carbocycles. The van der Waals surface area contributed by atoms with Gasteiger partial charge < -0.3 is 9.47 Å². The van der Waals surface area contributed by atoms with Crippen LogP contribution >= 0.6 is 0 Å². The van der Waals surface area contributed by atoms with Gasteiger partial charge in [-0.3, -0.25) is 4.18 Å². The first-order valence-electron chi connectivity index (χ1n) is 5.36. The van der Waals surface area contributed by atoms with E-state index in [1.54, 1.807) is 6.92 Å². The lowest BCUT2D eigenvalue weighted by Crippen LogP contribution is -2.06. The Morgan fingerprint density at radius 3 is 2.47 bits per heavy atom. The van der Waals surface area contributed by atoms with E-state index < -0.39 is 16.7 Å². The molecule has 19 heavy (non-hydrogen) atoms. The van der Waals surface area contributed by atoms with Gasteiger partial charge in [0.15, 0.2) is 11.5 Å². The minimum Gasteiger partial charge on any atom is -0.490 e. The Bertz CT molecular complexity index is 516. The smallest absolute Gasteiger partial charge is 0.387 e. The maximum Gasteiger partial charge on any atom is 0.387 e. The van der Waals surface area contributed by atoms with E-state index in [1.165, 1.54) is 18.2 Å². The Kier molecular flexibility index (Phi) is 5.49. The molecule has 1 rings (SSSR count). The van der Waals surface area contributed by atoms with E-state index in [0.717, 1.165) is 6.26 Å². The quantitative estimate of drug-likeness (QED) is 0.722. The average Bonchev–Trinajstić information content (AvgIpc) is 2.28. The molecule has 1 aromatic rings. The number of ether oxygens (including phenoxy) is 2. The number of hydrogen-bond donors (Lipinski definition) is 0. The van der Waals surface area contributed by atoms with Crippen LogP contribution in [0.15, 0.2) is 18.2 Å². The first-order valence-corrected chi connectivity index (χ1v) is 7.18. The molecular weight excluding hydrogens is 282 g/mol. The van der Waals surface area contributed by atoms with Crippen molar-refractivity contribution in [3.8, 4) is 11.5 Å². The SMILES string of the molecule is CCOc1cc(COS(C)(=O)=O)ccc1OC(F)F. The van der Waals surface area contributed by atoms with Crippen molar-refractivity contribution < 1.29 is 30.9 Å². The van der Waals surface area contributed by atoms with E-state index in [1.807, 2.05) is 0 Å². The van der Waals surface area contributed by atoms with Crippen molar-refractivity contribution in [3.05, 3.63) is 23.8 Å². The molecule has 0 saturated heterocycles. The third kappa shape index (κ3) is 5.84. The summed E-state index contributed by atoms with van der Waals surface area (Å²) in [5, 5.41) is 0. The highest BCUT2D eigenvalue weighted by molar-refractivity contribution is 7.85. The largest absolute Gasteiger partial charge is 0.490 e. The van der Waals surface area contributed by atoms with E-state index in [-0.39, 0.29) is 24.7 Å². The fraction of sp³-hybridized carbons (Fsp3) is 0.455. The molecule has 8 heteroatoms. The van der Waals surface area contributed by atoms with Crippen molar-refractivity contribution in [1.29, 1.82) is 0 Å². The third-order valence-corrected chi connectivity index (χ3v) is 2.51. The van der Waals surface area contributed by atoms with Crippen LogP contribution in [-0.2, 0) is 20.9 Å². The van der Waals surface area contributed by atoms with Crippen molar-refractivity contribution in [3.63, 3.8) is 0 Å². The summed E-state index contributed by atoms with van der Waals surface area (Å²) in [7, 11) is -3.57. The van der Waals surface area contributed by atoms with E-state index in [2.05, 4.69) is 8.92 Å². The lowest BCUT2D eigenvalue weighted by atomic mass is 10.2. The number of benzene rings is 1. The van der Waals surface area contributed by atoms with Gasteiger partial charge in [-0.05, 0) is 24.6 Å². The molecule has 0 atom stereocenters. The van der Waals surface area contributed by atoms with Gasteiger partial charge in [0.25, 0.3) is 10.1 Å². The monoisotopic (exact) mass is 296 g/mol. The number of halogens is 2. The highest BCUT2D eigenvalue weighted by Gasteiger charge is 2.12. The molecule has 0 fully saturated rings. The van der Waals surface area contributed by atoms with Gasteiger partial charge in [-0.25, -0.2) is 0 Å². The maximum absolute atomic E-state index is 12.2. The molecule has 1 aromatic carbocycles. The molecule has 0 aliphatic rings. The summed E-state index contributed by atoms with van der Waals surface area (Å²) >= 11 is 0. The Morgan fingerprint density at radius 1 is 1.26 bits per heavy atom. The molecular formula is C11H14F2O5S. The minimum atomic E-state index is -3.57. The molecule has 0 spiro atoms. The Morgan fingerprint density at radius 2 is 1.95 bits per heavy atom. The minimum absolute atomic E-state index is 0.109. The second-order valence-corrected chi connectivity index (χ2v) is 5.20. The van der Waals surface area contributed by atoms with Gasteiger partial charge in [-0.1, -0.05) is 6.07 Å². The molecule has 0 N–H and O–H groups in total. The van der Waals surface area contributed by atoms with E-state index in [0.29, 0.717) is 5.56 Å². The van der Waals surface area contributed by atoms with Crippen LogP contribution in [0.1, 0.15) is 12.5 Å². The molecule has 0 bridgehead atoms. The van der Waals surface area contributed by atoms with E-state index in [9.17, 15) is 17.2 Å². The van der Waals surface area contributed by atoms with Crippen molar-refractivity contribution in [2.24, 2.45) is 0 Å². The topological polar surface area (TPSA) is 61.8 Å². The van der Waals surface area contributed by atoms with Crippen LogP contribution < -0.4 is 9.47 Å². The van der Waals surface area contributed by atoms with Crippen LogP contribution in [0.25, 0.3) is 0 Å². The molecule has 0 aliphatic heterocycles. The van der Waals surface area contributed by atoms with Gasteiger partial charge in [0.1, 0.15) is 0 Å². The standard InChI is InChI=1S/C11H14F2O5S/c1-3-16-10-6-8(7-17-19(2,14)15)4-5-9(10)18-11(12)13/h4-6,11H,3,7H2,1-2H3. The van der Waals surface area contributed by atoms with Crippen molar-refractivity contribution in [2.45, 2.75) is 20.1 Å². The molecule has 108 valence electrons. The van der Waals surface area contributed by atoms with Gasteiger partial charge in [-0.2, -0.15) is 17.2 Å². The number of rotatable bonds is 7. The van der Waals surface area contributed by atoms with Gasteiger partial charge in [0.2, 0.25) is 0 Å². The second kappa shape index (κ2) is 6.67. The van der Waals surface area contributed by atoms with Gasteiger partial charge in [0.05, 0.1) is 19.5 Å². The lowest BCUT2D eigenvalue weighted by Gasteiger charge is -2.12. The van der Waals surface area contributed by atoms with Crippen LogP contribution in [0.5, 0.6) is 11.5 Å². The Balaban J connectivity index is 2.88. The zero-order valence-electron chi connectivity index (χ0n) is 10.4. The molecule has 0 aromatic heterocycles. The maximum atomic E-state index is 12.2. The Hall–Kier alpha value is -1.41. The second-order valence-electron chi connectivity index (χ2n) is 3.56. The number of hydrogen-bond acceptors (Lipinski definition) is 5. The fourth-order valence-electron chi connectivity index (χ4n) is 1.28. The van der Waals surface area contributed by atoms with Crippen molar-refractivity contribution in [1.82, 2.24) is 0 Å². The van der Waals surface area contributed by atoms with Crippen molar-refractivity contribution in [2.75, 3.05) is 12.9 Å². The third-order valence-electron chi connectivity index (χ3n) is 1.96. The summed E-state index contributed by atoms with van der Waals surface area (Å²) in [4.78, 5) is 0. The molecule has 0 unspecified atom stereocenters. The van der Waals surface area contributed by atoms with E-state index in [4.69, 9.17) is 4.74 Å². The summed E-state index contributed by atoms with van der Waals surface area (Å²) in [6.07, 6.45) is 0.921. The van der Waals surface area contributed by atoms with Crippen LogP contribution in [0.2, 0.25) is 0 Å². The number of alkyl halides is 2. The average molecular weight is 296 g/mol. The first-order chi connectivity index (χ1) is 8.81. The summed E-state index contributed by atoms with van der Waals surface area (Å²) in [5.41, 5.74) is 0.468. The van der Waals surface area contributed by atoms with Crippen LogP contribution in [0, 0.1) is 0 Å². The van der Waals surface area contributed by atoms with Gasteiger partial charge in [-0.15, -0.1) is 0 Å². The molecule has 5 nitrogen and oxygen atoms in total. The predicted octanol–water partition coefficient (Wildman–Crippen LogP) is 2.16. The summed E-state index contributed by atoms with van der Waals surface area (Å²) in [5.74, 6) is -0.00245.